The van der Waals surface area contributed by atoms with E-state index in [1.165, 1.54) is 13.8 Å². The van der Waals surface area contributed by atoms with Crippen molar-refractivity contribution < 1.29 is 19.1 Å². The molecule has 0 heterocycles. The first kappa shape index (κ1) is 9.82. The quantitative estimate of drug-likeness (QED) is 0.680. The van der Waals surface area contributed by atoms with E-state index in [1.807, 2.05) is 0 Å². The van der Waals surface area contributed by atoms with Crippen LogP contribution in [0.5, 0.6) is 0 Å². The highest BCUT2D eigenvalue weighted by molar-refractivity contribution is 5.67. The van der Waals surface area contributed by atoms with Gasteiger partial charge >= 0.3 is 11.9 Å². The molecule has 0 saturated heterocycles. The highest BCUT2D eigenvalue weighted by Crippen LogP contribution is 2.89. The van der Waals surface area contributed by atoms with Crippen molar-refractivity contribution in [3.05, 3.63) is 0 Å². The van der Waals surface area contributed by atoms with E-state index in [1.54, 1.807) is 0 Å². The average molecular weight is 248 g/mol. The maximum absolute atomic E-state index is 11.2. The van der Waals surface area contributed by atoms with Crippen LogP contribution in [0.3, 0.4) is 0 Å². The van der Waals surface area contributed by atoms with E-state index in [0.29, 0.717) is 35.5 Å². The molecule has 6 saturated carbocycles. The molecule has 6 rings (SSSR count). The predicted molar refractivity (Wildman–Crippen MR) is 59.0 cm³/mol. The Hall–Kier alpha value is -1.06. The first-order valence-corrected chi connectivity index (χ1v) is 6.95. The van der Waals surface area contributed by atoms with Crippen molar-refractivity contribution in [2.75, 3.05) is 0 Å². The number of esters is 2. The van der Waals surface area contributed by atoms with E-state index in [0.717, 1.165) is 11.8 Å². The molecule has 18 heavy (non-hydrogen) atoms. The van der Waals surface area contributed by atoms with Gasteiger partial charge in [-0.05, 0) is 23.7 Å². The zero-order valence-corrected chi connectivity index (χ0v) is 10.4. The smallest absolute Gasteiger partial charge is 0.302 e. The van der Waals surface area contributed by atoms with Gasteiger partial charge in [-0.1, -0.05) is 0 Å². The number of hydrogen-bond acceptors (Lipinski definition) is 4. The van der Waals surface area contributed by atoms with Crippen LogP contribution in [0.25, 0.3) is 0 Å². The Bertz CT molecular complexity index is 442. The molecule has 10 atom stereocenters. The van der Waals surface area contributed by atoms with E-state index in [-0.39, 0.29) is 24.1 Å². The van der Waals surface area contributed by atoms with Crippen molar-refractivity contribution in [2.24, 2.45) is 47.3 Å². The second-order valence-corrected chi connectivity index (χ2v) is 6.77. The number of carbonyl (C=O) groups is 2. The van der Waals surface area contributed by atoms with Gasteiger partial charge in [-0.25, -0.2) is 0 Å². The van der Waals surface area contributed by atoms with E-state index < -0.39 is 0 Å². The van der Waals surface area contributed by atoms with Crippen LogP contribution in [0.4, 0.5) is 0 Å². The summed E-state index contributed by atoms with van der Waals surface area (Å²) in [6.45, 7) is 3.00. The van der Waals surface area contributed by atoms with Crippen LogP contribution in [0.1, 0.15) is 13.8 Å². The second-order valence-electron chi connectivity index (χ2n) is 6.77. The normalized spacial score (nSPS) is 63.4. The molecule has 0 N–H and O–H groups in total. The van der Waals surface area contributed by atoms with Crippen LogP contribution in [0.2, 0.25) is 0 Å². The molecule has 0 aromatic rings. The third-order valence-corrected chi connectivity index (χ3v) is 6.57. The van der Waals surface area contributed by atoms with Gasteiger partial charge < -0.3 is 9.47 Å². The molecule has 6 aliphatic rings. The zero-order valence-electron chi connectivity index (χ0n) is 10.4. The molecule has 96 valence electrons. The van der Waals surface area contributed by atoms with Gasteiger partial charge in [0.25, 0.3) is 0 Å². The Balaban J connectivity index is 1.49. The molecule has 4 bridgehead atoms. The minimum absolute atomic E-state index is 0.134. The Morgan fingerprint density at radius 3 is 1.22 bits per heavy atom. The molecule has 4 nitrogen and oxygen atoms in total. The summed E-state index contributed by atoms with van der Waals surface area (Å²) < 4.78 is 11.1. The summed E-state index contributed by atoms with van der Waals surface area (Å²) >= 11 is 0. The molecule has 0 aliphatic heterocycles. The summed E-state index contributed by atoms with van der Waals surface area (Å²) in [5.41, 5.74) is 0. The zero-order chi connectivity index (χ0) is 12.3. The Labute approximate surface area is 105 Å². The molecule has 0 amide bonds. The monoisotopic (exact) mass is 248 g/mol. The highest BCUT2D eigenvalue weighted by Gasteiger charge is 2.91. The van der Waals surface area contributed by atoms with E-state index in [9.17, 15) is 9.59 Å². The van der Waals surface area contributed by atoms with Crippen LogP contribution in [-0.4, -0.2) is 24.1 Å². The van der Waals surface area contributed by atoms with Gasteiger partial charge in [0.2, 0.25) is 0 Å². The first-order valence-electron chi connectivity index (χ1n) is 6.95. The maximum atomic E-state index is 11.2. The topological polar surface area (TPSA) is 52.6 Å². The maximum Gasteiger partial charge on any atom is 0.302 e. The molecule has 6 aliphatic carbocycles. The lowest BCUT2D eigenvalue weighted by Gasteiger charge is -2.62. The minimum atomic E-state index is -0.156. The van der Waals surface area contributed by atoms with Crippen molar-refractivity contribution in [3.63, 3.8) is 0 Å². The molecule has 0 aromatic carbocycles. The average Bonchev–Trinajstić information content (AvgIpc) is 2.69. The minimum Gasteiger partial charge on any atom is -0.462 e. The van der Waals surface area contributed by atoms with Crippen molar-refractivity contribution in [3.8, 4) is 0 Å². The fourth-order valence-corrected chi connectivity index (χ4v) is 6.78. The summed E-state index contributed by atoms with van der Waals surface area (Å²) in [5, 5.41) is 0. The number of ether oxygens (including phenoxy) is 2. The third kappa shape index (κ3) is 0.733. The number of hydrogen-bond donors (Lipinski definition) is 0. The summed E-state index contributed by atoms with van der Waals surface area (Å²) in [4.78, 5) is 22.5. The van der Waals surface area contributed by atoms with Crippen LogP contribution >= 0.6 is 0 Å². The van der Waals surface area contributed by atoms with Crippen molar-refractivity contribution in [1.82, 2.24) is 0 Å². The van der Waals surface area contributed by atoms with E-state index in [2.05, 4.69) is 0 Å². The Kier molecular flexibility index (Phi) is 1.42. The fourth-order valence-electron chi connectivity index (χ4n) is 6.78. The lowest BCUT2D eigenvalue weighted by Crippen LogP contribution is -2.61. The van der Waals surface area contributed by atoms with Crippen LogP contribution in [0.15, 0.2) is 0 Å². The van der Waals surface area contributed by atoms with Gasteiger partial charge in [0.1, 0.15) is 12.2 Å². The lowest BCUT2D eigenvalue weighted by atomic mass is 9.41. The van der Waals surface area contributed by atoms with Crippen molar-refractivity contribution in [2.45, 2.75) is 26.1 Å². The molecular formula is C14H16O4. The number of carbonyl (C=O) groups excluding carboxylic acids is 2. The molecule has 0 aromatic heterocycles. The summed E-state index contributed by atoms with van der Waals surface area (Å²) in [6, 6.07) is 0. The Morgan fingerprint density at radius 1 is 0.611 bits per heavy atom. The van der Waals surface area contributed by atoms with Crippen LogP contribution < -0.4 is 0 Å². The van der Waals surface area contributed by atoms with Gasteiger partial charge in [-0.2, -0.15) is 0 Å². The van der Waals surface area contributed by atoms with Gasteiger partial charge in [0, 0.05) is 37.5 Å². The van der Waals surface area contributed by atoms with Crippen LogP contribution in [-0.2, 0) is 19.1 Å². The molecule has 4 heteroatoms. The van der Waals surface area contributed by atoms with Crippen molar-refractivity contribution >= 4 is 11.9 Å². The molecular weight excluding hydrogens is 232 g/mol. The standard InChI is InChI=1S/C14H16O4/c1-3(15)17-13-9-5-6-7(9)12-11(13)8(5)10(6)14(12)18-4(2)16/h5-14H,1-2H3/t5-,6+,7+,8-,9-,10+,11-,12+,13-,14-/m1/s1. The Morgan fingerprint density at radius 2 is 0.889 bits per heavy atom. The largest absolute Gasteiger partial charge is 0.462 e. The predicted octanol–water partition coefficient (Wildman–Crippen LogP) is 0.847. The van der Waals surface area contributed by atoms with Gasteiger partial charge in [-0.15, -0.1) is 0 Å². The van der Waals surface area contributed by atoms with Crippen LogP contribution in [0, 0.1) is 47.3 Å². The summed E-state index contributed by atoms with van der Waals surface area (Å²) in [5.74, 6) is 4.80. The summed E-state index contributed by atoms with van der Waals surface area (Å²) in [7, 11) is 0. The number of rotatable bonds is 2. The second kappa shape index (κ2) is 2.61. The van der Waals surface area contributed by atoms with Gasteiger partial charge in [0.15, 0.2) is 0 Å². The van der Waals surface area contributed by atoms with E-state index in [4.69, 9.17) is 9.47 Å². The van der Waals surface area contributed by atoms with Gasteiger partial charge in [-0.3, -0.25) is 9.59 Å². The first-order chi connectivity index (χ1) is 8.61. The molecule has 6 fully saturated rings. The fraction of sp³-hybridized carbons (Fsp3) is 0.857. The lowest BCUT2D eigenvalue weighted by molar-refractivity contribution is -0.183. The third-order valence-electron chi connectivity index (χ3n) is 6.57. The molecule has 0 radical (unpaired) electrons. The molecule has 0 spiro atoms. The van der Waals surface area contributed by atoms with E-state index >= 15 is 0 Å². The van der Waals surface area contributed by atoms with Crippen molar-refractivity contribution in [1.29, 1.82) is 0 Å². The summed E-state index contributed by atoms with van der Waals surface area (Å²) in [6.07, 6.45) is 0.267. The highest BCUT2D eigenvalue weighted by atomic mass is 16.6. The SMILES string of the molecule is CC(=O)O[C@H]1[C@@H]2[C@@H]3[C@H](OC(C)=O)[C@H]4[C@@H]2[C@H]2[C@H]1[C@H]3[C@H]42. The van der Waals surface area contributed by atoms with Gasteiger partial charge in [0.05, 0.1) is 0 Å². The molecule has 0 unspecified atom stereocenters.